The lowest BCUT2D eigenvalue weighted by atomic mass is 10.3. The van der Waals surface area contributed by atoms with Crippen LogP contribution in [-0.4, -0.2) is 50.8 Å². The molecule has 0 radical (unpaired) electrons. The summed E-state index contributed by atoms with van der Waals surface area (Å²) < 4.78 is 5.10. The molecule has 1 N–H and O–H groups in total. The molecule has 1 saturated carbocycles. The first-order valence-electron chi connectivity index (χ1n) is 6.42. The molecule has 0 atom stereocenters. The van der Waals surface area contributed by atoms with E-state index in [9.17, 15) is 0 Å². The second-order valence-electron chi connectivity index (χ2n) is 4.52. The molecule has 0 unspecified atom stereocenters. The summed E-state index contributed by atoms with van der Waals surface area (Å²) in [5.41, 5.74) is 0. The minimum absolute atomic E-state index is 0.814. The Kier molecular flexibility index (Phi) is 7.47. The lowest BCUT2D eigenvalue weighted by molar-refractivity contribution is 0.153. The van der Waals surface area contributed by atoms with Crippen LogP contribution in [0.5, 0.6) is 0 Å². The van der Waals surface area contributed by atoms with E-state index in [0.29, 0.717) is 0 Å². The van der Waals surface area contributed by atoms with Gasteiger partial charge in [-0.3, -0.25) is 4.90 Å². The van der Waals surface area contributed by atoms with Gasteiger partial charge in [0.05, 0.1) is 6.61 Å². The summed E-state index contributed by atoms with van der Waals surface area (Å²) in [6, 6.07) is 0.845. The van der Waals surface area contributed by atoms with Crippen LogP contribution in [0.15, 0.2) is 12.7 Å². The summed E-state index contributed by atoms with van der Waals surface area (Å²) >= 11 is 0. The highest BCUT2D eigenvalue weighted by atomic mass is 16.5. The first-order chi connectivity index (χ1) is 7.86. The molecule has 1 aliphatic rings. The van der Waals surface area contributed by atoms with Gasteiger partial charge in [0.2, 0.25) is 0 Å². The fourth-order valence-electron chi connectivity index (χ4n) is 1.75. The first-order valence-corrected chi connectivity index (χ1v) is 6.42. The van der Waals surface area contributed by atoms with E-state index in [0.717, 1.165) is 32.3 Å². The van der Waals surface area contributed by atoms with Crippen LogP contribution in [0.25, 0.3) is 0 Å². The van der Waals surface area contributed by atoms with Crippen molar-refractivity contribution in [3.63, 3.8) is 0 Å². The van der Waals surface area contributed by atoms with Crippen LogP contribution in [0.1, 0.15) is 25.7 Å². The Bertz CT molecular complexity index is 181. The molecular weight excluding hydrogens is 200 g/mol. The molecule has 0 aliphatic heterocycles. The van der Waals surface area contributed by atoms with Crippen molar-refractivity contribution in [2.45, 2.75) is 31.7 Å². The van der Waals surface area contributed by atoms with Crippen molar-refractivity contribution in [2.24, 2.45) is 0 Å². The fraction of sp³-hybridized carbons (Fsp3) is 0.846. The monoisotopic (exact) mass is 226 g/mol. The molecule has 3 nitrogen and oxygen atoms in total. The maximum Gasteiger partial charge on any atom is 0.0589 e. The van der Waals surface area contributed by atoms with Crippen LogP contribution in [-0.2, 0) is 4.74 Å². The number of nitrogens with one attached hydrogen (secondary N) is 1. The highest BCUT2D eigenvalue weighted by Crippen LogP contribution is 2.18. The van der Waals surface area contributed by atoms with Crippen molar-refractivity contribution in [3.8, 4) is 0 Å². The van der Waals surface area contributed by atoms with Gasteiger partial charge in [0.1, 0.15) is 0 Å². The third kappa shape index (κ3) is 6.99. The van der Waals surface area contributed by atoms with Crippen molar-refractivity contribution in [1.82, 2.24) is 10.2 Å². The summed E-state index contributed by atoms with van der Waals surface area (Å²) in [6.45, 7) is 8.92. The number of rotatable bonds is 11. The number of nitrogens with zero attached hydrogens (tertiary/aromatic N) is 1. The van der Waals surface area contributed by atoms with E-state index in [2.05, 4.69) is 16.8 Å². The topological polar surface area (TPSA) is 24.5 Å². The predicted octanol–water partition coefficient (Wildman–Crippen LogP) is 1.65. The summed E-state index contributed by atoms with van der Waals surface area (Å²) in [7, 11) is 1.76. The molecule has 0 aromatic carbocycles. The zero-order valence-corrected chi connectivity index (χ0v) is 10.6. The zero-order chi connectivity index (χ0) is 11.6. The molecule has 0 amide bonds. The maximum absolute atomic E-state index is 5.10. The fourth-order valence-corrected chi connectivity index (χ4v) is 1.75. The van der Waals surface area contributed by atoms with Crippen molar-refractivity contribution in [1.29, 1.82) is 0 Å². The van der Waals surface area contributed by atoms with E-state index in [1.165, 1.54) is 32.2 Å². The number of hydrogen-bond acceptors (Lipinski definition) is 3. The molecule has 0 saturated heterocycles. The molecule has 0 aromatic rings. The third-order valence-electron chi connectivity index (χ3n) is 2.91. The minimum atomic E-state index is 0.814. The lowest BCUT2D eigenvalue weighted by Crippen LogP contribution is -2.29. The van der Waals surface area contributed by atoms with E-state index in [4.69, 9.17) is 4.74 Å². The predicted molar refractivity (Wildman–Crippen MR) is 68.8 cm³/mol. The van der Waals surface area contributed by atoms with Gasteiger partial charge in [-0.05, 0) is 38.8 Å². The largest absolute Gasteiger partial charge is 0.383 e. The van der Waals surface area contributed by atoms with Crippen molar-refractivity contribution in [2.75, 3.05) is 39.9 Å². The smallest absolute Gasteiger partial charge is 0.0589 e. The Morgan fingerprint density at radius 2 is 2.19 bits per heavy atom. The second-order valence-corrected chi connectivity index (χ2v) is 4.52. The van der Waals surface area contributed by atoms with Crippen molar-refractivity contribution >= 4 is 0 Å². The van der Waals surface area contributed by atoms with Crippen LogP contribution in [0, 0.1) is 0 Å². The Labute approximate surface area is 99.8 Å². The SMILES string of the molecule is C=CCN(CCCCNC1CC1)CCOC. The molecule has 0 bridgehead atoms. The normalized spacial score (nSPS) is 15.6. The van der Waals surface area contributed by atoms with Crippen molar-refractivity contribution in [3.05, 3.63) is 12.7 Å². The van der Waals surface area contributed by atoms with Gasteiger partial charge < -0.3 is 10.1 Å². The quantitative estimate of drug-likeness (QED) is 0.428. The summed E-state index contributed by atoms with van der Waals surface area (Å²) in [4.78, 5) is 2.40. The number of methoxy groups -OCH3 is 1. The van der Waals surface area contributed by atoms with E-state index in [-0.39, 0.29) is 0 Å². The van der Waals surface area contributed by atoms with Gasteiger partial charge in [0, 0.05) is 26.2 Å². The molecule has 16 heavy (non-hydrogen) atoms. The Balaban J connectivity index is 1.94. The van der Waals surface area contributed by atoms with Gasteiger partial charge in [-0.15, -0.1) is 6.58 Å². The Hall–Kier alpha value is -0.380. The van der Waals surface area contributed by atoms with Gasteiger partial charge >= 0.3 is 0 Å². The number of hydrogen-bond donors (Lipinski definition) is 1. The highest BCUT2D eigenvalue weighted by molar-refractivity contribution is 4.80. The van der Waals surface area contributed by atoms with Crippen LogP contribution < -0.4 is 5.32 Å². The maximum atomic E-state index is 5.10. The molecule has 94 valence electrons. The van der Waals surface area contributed by atoms with Crippen molar-refractivity contribution < 1.29 is 4.74 Å². The lowest BCUT2D eigenvalue weighted by Gasteiger charge is -2.19. The summed E-state index contributed by atoms with van der Waals surface area (Å²) in [5.74, 6) is 0. The molecule has 0 aromatic heterocycles. The van der Waals surface area contributed by atoms with Gasteiger partial charge in [0.15, 0.2) is 0 Å². The minimum Gasteiger partial charge on any atom is -0.383 e. The number of ether oxygens (including phenoxy) is 1. The molecular formula is C13H26N2O. The Morgan fingerprint density at radius 1 is 1.38 bits per heavy atom. The van der Waals surface area contributed by atoms with Crippen LogP contribution in [0.4, 0.5) is 0 Å². The second kappa shape index (κ2) is 8.74. The Morgan fingerprint density at radius 3 is 2.81 bits per heavy atom. The van der Waals surface area contributed by atoms with Crippen LogP contribution >= 0.6 is 0 Å². The molecule has 1 aliphatic carbocycles. The van der Waals surface area contributed by atoms with Gasteiger partial charge in [-0.2, -0.15) is 0 Å². The van der Waals surface area contributed by atoms with E-state index >= 15 is 0 Å². The standard InChI is InChI=1S/C13H26N2O/c1-3-9-15(11-12-16-2)10-5-4-8-14-13-6-7-13/h3,13-14H,1,4-12H2,2H3. The van der Waals surface area contributed by atoms with Crippen LogP contribution in [0.3, 0.4) is 0 Å². The van der Waals surface area contributed by atoms with Gasteiger partial charge in [0.25, 0.3) is 0 Å². The van der Waals surface area contributed by atoms with Gasteiger partial charge in [-0.25, -0.2) is 0 Å². The molecule has 3 heteroatoms. The molecule has 0 heterocycles. The summed E-state index contributed by atoms with van der Waals surface area (Å²) in [5, 5.41) is 3.54. The summed E-state index contributed by atoms with van der Waals surface area (Å²) in [6.07, 6.45) is 7.28. The first kappa shape index (κ1) is 13.7. The van der Waals surface area contributed by atoms with Gasteiger partial charge in [-0.1, -0.05) is 6.08 Å². The molecule has 0 spiro atoms. The third-order valence-corrected chi connectivity index (χ3v) is 2.91. The van der Waals surface area contributed by atoms with E-state index < -0.39 is 0 Å². The van der Waals surface area contributed by atoms with Crippen LogP contribution in [0.2, 0.25) is 0 Å². The average molecular weight is 226 g/mol. The molecule has 1 rings (SSSR count). The highest BCUT2D eigenvalue weighted by Gasteiger charge is 2.19. The zero-order valence-electron chi connectivity index (χ0n) is 10.6. The van der Waals surface area contributed by atoms with E-state index in [1.54, 1.807) is 7.11 Å². The molecule has 1 fully saturated rings. The average Bonchev–Trinajstić information content (AvgIpc) is 3.09. The van der Waals surface area contributed by atoms with E-state index in [1.807, 2.05) is 6.08 Å². The number of unbranched alkanes of at least 4 members (excludes halogenated alkanes) is 1.